The molecule has 4 nitrogen and oxygen atoms in total. The summed E-state index contributed by atoms with van der Waals surface area (Å²) in [5.41, 5.74) is -0.849. The minimum absolute atomic E-state index is 0.294. The number of rotatable bonds is 2. The monoisotopic (exact) mass is 253 g/mol. The summed E-state index contributed by atoms with van der Waals surface area (Å²) in [6.07, 6.45) is 7.08. The maximum atomic E-state index is 12.0. The molecule has 1 aliphatic rings. The Morgan fingerprint density at radius 2 is 2.17 bits per heavy atom. The van der Waals surface area contributed by atoms with E-state index < -0.39 is 5.60 Å². The number of amides is 1. The van der Waals surface area contributed by atoms with E-state index in [1.54, 1.807) is 12.0 Å². The van der Waals surface area contributed by atoms with Gasteiger partial charge in [-0.2, -0.15) is 0 Å². The number of hydrogen-bond donors (Lipinski definition) is 0. The van der Waals surface area contributed by atoms with E-state index in [2.05, 4.69) is 5.92 Å². The van der Waals surface area contributed by atoms with E-state index in [1.807, 2.05) is 20.8 Å². The first-order valence-electron chi connectivity index (χ1n) is 6.26. The van der Waals surface area contributed by atoms with Gasteiger partial charge < -0.3 is 14.4 Å². The molecule has 0 aromatic heterocycles. The van der Waals surface area contributed by atoms with Crippen LogP contribution in [0.2, 0.25) is 0 Å². The normalized spacial score (nSPS) is 24.5. The Hall–Kier alpha value is -1.21. The molecule has 0 spiro atoms. The lowest BCUT2D eigenvalue weighted by Crippen LogP contribution is -2.49. The summed E-state index contributed by atoms with van der Waals surface area (Å²) < 4.78 is 10.6. The van der Waals surface area contributed by atoms with E-state index in [0.717, 1.165) is 12.8 Å². The number of methoxy groups -OCH3 is 1. The second kappa shape index (κ2) is 5.62. The van der Waals surface area contributed by atoms with Crippen molar-refractivity contribution in [3.63, 3.8) is 0 Å². The Kier molecular flexibility index (Phi) is 4.64. The van der Waals surface area contributed by atoms with Crippen LogP contribution in [0.5, 0.6) is 0 Å². The Balaban J connectivity index is 2.69. The maximum absolute atomic E-state index is 12.0. The summed E-state index contributed by atoms with van der Waals surface area (Å²) in [5, 5.41) is 0. The van der Waals surface area contributed by atoms with Gasteiger partial charge in [-0.05, 0) is 33.6 Å². The van der Waals surface area contributed by atoms with E-state index in [9.17, 15) is 4.79 Å². The predicted octanol–water partition coefficient (Wildman–Crippen LogP) is 2.28. The first-order chi connectivity index (χ1) is 8.32. The van der Waals surface area contributed by atoms with Crippen LogP contribution in [0.3, 0.4) is 0 Å². The van der Waals surface area contributed by atoms with Crippen LogP contribution in [0.15, 0.2) is 0 Å². The van der Waals surface area contributed by atoms with Gasteiger partial charge in [0.2, 0.25) is 0 Å². The van der Waals surface area contributed by atoms with Gasteiger partial charge in [0.25, 0.3) is 0 Å². The Morgan fingerprint density at radius 1 is 1.50 bits per heavy atom. The SMILES string of the molecule is C#CC1(COC)CCCN(C(=O)OC(C)(C)C)C1. The van der Waals surface area contributed by atoms with Crippen molar-refractivity contribution in [3.05, 3.63) is 0 Å². The van der Waals surface area contributed by atoms with Crippen LogP contribution in [0, 0.1) is 17.8 Å². The largest absolute Gasteiger partial charge is 0.444 e. The van der Waals surface area contributed by atoms with Crippen molar-refractivity contribution in [1.82, 2.24) is 4.90 Å². The molecule has 0 aliphatic carbocycles. The topological polar surface area (TPSA) is 38.8 Å². The van der Waals surface area contributed by atoms with Gasteiger partial charge >= 0.3 is 6.09 Å². The molecule has 1 unspecified atom stereocenters. The third-order valence-electron chi connectivity index (χ3n) is 2.96. The van der Waals surface area contributed by atoms with Gasteiger partial charge in [0.05, 0.1) is 12.0 Å². The highest BCUT2D eigenvalue weighted by Crippen LogP contribution is 2.30. The molecule has 0 radical (unpaired) electrons. The van der Waals surface area contributed by atoms with Crippen LogP contribution in [-0.4, -0.2) is 43.4 Å². The molecule has 1 fully saturated rings. The Morgan fingerprint density at radius 3 is 2.67 bits per heavy atom. The van der Waals surface area contributed by atoms with Crippen molar-refractivity contribution in [2.24, 2.45) is 5.41 Å². The number of nitrogens with zero attached hydrogens (tertiary/aromatic N) is 1. The van der Waals surface area contributed by atoms with E-state index in [0.29, 0.717) is 19.7 Å². The zero-order valence-electron chi connectivity index (χ0n) is 11.8. The second-order valence-corrected chi connectivity index (χ2v) is 5.86. The Labute approximate surface area is 110 Å². The highest BCUT2D eigenvalue weighted by atomic mass is 16.6. The van der Waals surface area contributed by atoms with Crippen LogP contribution in [-0.2, 0) is 9.47 Å². The van der Waals surface area contributed by atoms with E-state index in [4.69, 9.17) is 15.9 Å². The van der Waals surface area contributed by atoms with Crippen LogP contribution in [0.25, 0.3) is 0 Å². The highest BCUT2D eigenvalue weighted by Gasteiger charge is 2.37. The Bertz CT molecular complexity index is 336. The molecule has 1 atom stereocenters. The smallest absolute Gasteiger partial charge is 0.410 e. The zero-order chi connectivity index (χ0) is 13.8. The van der Waals surface area contributed by atoms with Gasteiger partial charge in [0.15, 0.2) is 0 Å². The first kappa shape index (κ1) is 14.8. The third kappa shape index (κ3) is 3.92. The average Bonchev–Trinajstić information content (AvgIpc) is 2.27. The molecular formula is C14H23NO3. The molecule has 102 valence electrons. The number of carbonyl (C=O) groups excluding carboxylic acids is 1. The summed E-state index contributed by atoms with van der Waals surface area (Å²) in [5.74, 6) is 2.79. The van der Waals surface area contributed by atoms with Gasteiger partial charge in [-0.1, -0.05) is 5.92 Å². The van der Waals surface area contributed by atoms with Crippen LogP contribution >= 0.6 is 0 Å². The van der Waals surface area contributed by atoms with E-state index in [-0.39, 0.29) is 11.5 Å². The summed E-state index contributed by atoms with van der Waals surface area (Å²) in [4.78, 5) is 13.7. The predicted molar refractivity (Wildman–Crippen MR) is 70.2 cm³/mol. The van der Waals surface area contributed by atoms with Gasteiger partial charge in [-0.15, -0.1) is 6.42 Å². The molecule has 0 N–H and O–H groups in total. The molecule has 1 saturated heterocycles. The lowest BCUT2D eigenvalue weighted by atomic mass is 9.81. The van der Waals surface area contributed by atoms with Gasteiger partial charge in [-0.25, -0.2) is 4.79 Å². The molecule has 0 bridgehead atoms. The van der Waals surface area contributed by atoms with Crippen molar-refractivity contribution < 1.29 is 14.3 Å². The van der Waals surface area contributed by atoms with Crippen LogP contribution in [0.1, 0.15) is 33.6 Å². The minimum Gasteiger partial charge on any atom is -0.444 e. The van der Waals surface area contributed by atoms with Crippen molar-refractivity contribution in [2.45, 2.75) is 39.2 Å². The molecule has 0 saturated carbocycles. The zero-order valence-corrected chi connectivity index (χ0v) is 11.8. The number of piperidine rings is 1. The minimum atomic E-state index is -0.478. The van der Waals surface area contributed by atoms with Crippen molar-refractivity contribution in [2.75, 3.05) is 26.8 Å². The quantitative estimate of drug-likeness (QED) is 0.709. The van der Waals surface area contributed by atoms with E-state index >= 15 is 0 Å². The second-order valence-electron chi connectivity index (χ2n) is 5.86. The van der Waals surface area contributed by atoms with Gasteiger partial charge in [-0.3, -0.25) is 0 Å². The fourth-order valence-corrected chi connectivity index (χ4v) is 2.17. The molecular weight excluding hydrogens is 230 g/mol. The van der Waals surface area contributed by atoms with Crippen LogP contribution < -0.4 is 0 Å². The summed E-state index contributed by atoms with van der Waals surface area (Å²) in [7, 11) is 1.63. The van der Waals surface area contributed by atoms with Gasteiger partial charge in [0, 0.05) is 20.2 Å². The number of hydrogen-bond acceptors (Lipinski definition) is 3. The number of ether oxygens (including phenoxy) is 2. The fraction of sp³-hybridized carbons (Fsp3) is 0.786. The summed E-state index contributed by atoms with van der Waals surface area (Å²) in [6, 6.07) is 0. The molecule has 1 rings (SSSR count). The lowest BCUT2D eigenvalue weighted by Gasteiger charge is -2.39. The standard InChI is InChI=1S/C14H23NO3/c1-6-14(11-17-5)8-7-9-15(10-14)12(16)18-13(2,3)4/h1H,7-11H2,2-5H3. The first-order valence-corrected chi connectivity index (χ1v) is 6.26. The maximum Gasteiger partial charge on any atom is 0.410 e. The molecule has 0 aromatic carbocycles. The number of likely N-dealkylation sites (tertiary alicyclic amines) is 1. The molecule has 4 heteroatoms. The molecule has 1 heterocycles. The third-order valence-corrected chi connectivity index (χ3v) is 2.96. The molecule has 0 aromatic rings. The lowest BCUT2D eigenvalue weighted by molar-refractivity contribution is 0.000174. The average molecular weight is 253 g/mol. The number of carbonyl (C=O) groups is 1. The van der Waals surface area contributed by atoms with E-state index in [1.165, 1.54) is 0 Å². The molecule has 1 amide bonds. The summed E-state index contributed by atoms with van der Waals surface area (Å²) >= 11 is 0. The van der Waals surface area contributed by atoms with Crippen LogP contribution in [0.4, 0.5) is 4.79 Å². The molecule has 1 aliphatic heterocycles. The fourth-order valence-electron chi connectivity index (χ4n) is 2.17. The van der Waals surface area contributed by atoms with Crippen molar-refractivity contribution in [1.29, 1.82) is 0 Å². The van der Waals surface area contributed by atoms with Crippen molar-refractivity contribution in [3.8, 4) is 12.3 Å². The summed E-state index contributed by atoms with van der Waals surface area (Å²) in [6.45, 7) is 7.26. The highest BCUT2D eigenvalue weighted by molar-refractivity contribution is 5.68. The number of terminal acetylenes is 1. The van der Waals surface area contributed by atoms with Gasteiger partial charge in [0.1, 0.15) is 5.60 Å². The van der Waals surface area contributed by atoms with Crippen molar-refractivity contribution >= 4 is 6.09 Å². The molecule has 18 heavy (non-hydrogen) atoms.